The van der Waals surface area contributed by atoms with E-state index in [0.29, 0.717) is 11.6 Å². The Morgan fingerprint density at radius 1 is 1.53 bits per heavy atom. The van der Waals surface area contributed by atoms with Gasteiger partial charge in [-0.2, -0.15) is 5.26 Å². The van der Waals surface area contributed by atoms with Crippen LogP contribution in [0.1, 0.15) is 18.1 Å². The summed E-state index contributed by atoms with van der Waals surface area (Å²) in [7, 11) is 0. The molecule has 15 heavy (non-hydrogen) atoms. The Kier molecular flexibility index (Phi) is 3.30. The molecule has 0 aliphatic carbocycles. The second-order valence-electron chi connectivity index (χ2n) is 3.48. The van der Waals surface area contributed by atoms with Crippen LogP contribution in [0.4, 0.5) is 0 Å². The average Bonchev–Trinajstić information content (AvgIpc) is 2.69. The smallest absolute Gasteiger partial charge is 0.0998 e. The molecule has 0 bridgehead atoms. The van der Waals surface area contributed by atoms with E-state index in [1.807, 2.05) is 18.2 Å². The summed E-state index contributed by atoms with van der Waals surface area (Å²) in [5.74, 6) is -0.0863. The van der Waals surface area contributed by atoms with E-state index in [9.17, 15) is 0 Å². The molecule has 1 saturated heterocycles. The lowest BCUT2D eigenvalue weighted by atomic mass is 9.97. The summed E-state index contributed by atoms with van der Waals surface area (Å²) in [5, 5.41) is 9.63. The van der Waals surface area contributed by atoms with Crippen molar-refractivity contribution in [2.45, 2.75) is 12.5 Å². The molecule has 78 valence electrons. The molecule has 0 amide bonds. The van der Waals surface area contributed by atoms with Crippen molar-refractivity contribution >= 4 is 27.5 Å². The maximum absolute atomic E-state index is 8.97. The molecule has 0 radical (unpaired) electrons. The molecule has 1 aromatic rings. The number of hydrogen-bond donors (Lipinski definition) is 0. The lowest BCUT2D eigenvalue weighted by molar-refractivity contribution is 0.101. The Balaban J connectivity index is 2.36. The van der Waals surface area contributed by atoms with Crippen LogP contribution in [0.2, 0.25) is 5.02 Å². The molecule has 1 aromatic carbocycles. The minimum atomic E-state index is -0.181. The summed E-state index contributed by atoms with van der Waals surface area (Å²) < 4.78 is 6.50. The van der Waals surface area contributed by atoms with Gasteiger partial charge in [0.05, 0.1) is 18.1 Å². The zero-order chi connectivity index (χ0) is 10.8. The van der Waals surface area contributed by atoms with Gasteiger partial charge in [0, 0.05) is 21.7 Å². The van der Waals surface area contributed by atoms with Crippen molar-refractivity contribution in [3.63, 3.8) is 0 Å². The molecule has 0 saturated carbocycles. The van der Waals surface area contributed by atoms with Crippen LogP contribution < -0.4 is 0 Å². The molecule has 2 nitrogen and oxygen atoms in total. The number of benzene rings is 1. The number of hydrogen-bond acceptors (Lipinski definition) is 2. The predicted octanol–water partition coefficient (Wildman–Crippen LogP) is 3.70. The van der Waals surface area contributed by atoms with Gasteiger partial charge in [-0.1, -0.05) is 27.5 Å². The van der Waals surface area contributed by atoms with Crippen molar-refractivity contribution in [3.8, 4) is 6.07 Å². The fourth-order valence-electron chi connectivity index (χ4n) is 1.76. The van der Waals surface area contributed by atoms with E-state index in [1.54, 1.807) is 0 Å². The van der Waals surface area contributed by atoms with Gasteiger partial charge in [0.25, 0.3) is 0 Å². The summed E-state index contributed by atoms with van der Waals surface area (Å²) in [6, 6.07) is 7.87. The first-order chi connectivity index (χ1) is 7.22. The molecule has 1 aliphatic heterocycles. The molecular formula is C11H9BrClNO. The first-order valence-electron chi connectivity index (χ1n) is 4.68. The Morgan fingerprint density at radius 2 is 2.33 bits per heavy atom. The predicted molar refractivity (Wildman–Crippen MR) is 61.6 cm³/mol. The van der Waals surface area contributed by atoms with Gasteiger partial charge in [-0.05, 0) is 24.6 Å². The Hall–Kier alpha value is -0.560. The molecule has 2 atom stereocenters. The highest BCUT2D eigenvalue weighted by Crippen LogP contribution is 2.38. The normalized spacial score (nSPS) is 25.1. The fraction of sp³-hybridized carbons (Fsp3) is 0.364. The molecule has 1 fully saturated rings. The highest BCUT2D eigenvalue weighted by atomic mass is 79.9. The van der Waals surface area contributed by atoms with E-state index >= 15 is 0 Å². The molecular weight excluding hydrogens is 277 g/mol. The van der Waals surface area contributed by atoms with Gasteiger partial charge >= 0.3 is 0 Å². The van der Waals surface area contributed by atoms with Gasteiger partial charge in [-0.15, -0.1) is 0 Å². The maximum atomic E-state index is 8.97. The Morgan fingerprint density at radius 3 is 3.07 bits per heavy atom. The van der Waals surface area contributed by atoms with Crippen LogP contribution in [-0.2, 0) is 4.74 Å². The van der Waals surface area contributed by atoms with Crippen LogP contribution in [0.3, 0.4) is 0 Å². The summed E-state index contributed by atoms with van der Waals surface area (Å²) >= 11 is 9.48. The number of ether oxygens (including phenoxy) is 1. The zero-order valence-corrected chi connectivity index (χ0v) is 10.3. The molecule has 1 heterocycles. The summed E-state index contributed by atoms with van der Waals surface area (Å²) in [4.78, 5) is 0. The van der Waals surface area contributed by atoms with Crippen molar-refractivity contribution in [1.82, 2.24) is 0 Å². The third-order valence-electron chi connectivity index (χ3n) is 2.52. The maximum Gasteiger partial charge on any atom is 0.0998 e. The highest BCUT2D eigenvalue weighted by Gasteiger charge is 2.31. The quantitative estimate of drug-likeness (QED) is 0.788. The number of rotatable bonds is 1. The monoisotopic (exact) mass is 285 g/mol. The van der Waals surface area contributed by atoms with E-state index in [-0.39, 0.29) is 12.0 Å². The molecule has 4 heteroatoms. The molecule has 2 unspecified atom stereocenters. The van der Waals surface area contributed by atoms with Crippen molar-refractivity contribution in [3.05, 3.63) is 33.3 Å². The zero-order valence-electron chi connectivity index (χ0n) is 7.91. The fourth-order valence-corrected chi connectivity index (χ4v) is 2.36. The van der Waals surface area contributed by atoms with E-state index in [1.165, 1.54) is 0 Å². The van der Waals surface area contributed by atoms with E-state index in [4.69, 9.17) is 21.6 Å². The molecule has 0 spiro atoms. The molecule has 1 aliphatic rings. The van der Waals surface area contributed by atoms with Crippen LogP contribution in [0.5, 0.6) is 0 Å². The lowest BCUT2D eigenvalue weighted by Crippen LogP contribution is -2.06. The van der Waals surface area contributed by atoms with Gasteiger partial charge in [-0.25, -0.2) is 0 Å². The number of halogens is 2. The van der Waals surface area contributed by atoms with E-state index in [2.05, 4.69) is 22.0 Å². The third-order valence-corrected chi connectivity index (χ3v) is 3.36. The second kappa shape index (κ2) is 4.52. The van der Waals surface area contributed by atoms with E-state index < -0.39 is 0 Å². The van der Waals surface area contributed by atoms with Gasteiger partial charge in [-0.3, -0.25) is 0 Å². The minimum Gasteiger partial charge on any atom is -0.372 e. The standard InChI is InChI=1S/C11H9BrClNO/c12-8-1-2-10(13)9(5-8)11-7(6-14)3-4-15-11/h1-2,5,7,11H,3-4H2. The highest BCUT2D eigenvalue weighted by molar-refractivity contribution is 9.10. The lowest BCUT2D eigenvalue weighted by Gasteiger charge is -2.15. The third kappa shape index (κ3) is 2.17. The van der Waals surface area contributed by atoms with Gasteiger partial charge in [0.1, 0.15) is 0 Å². The first-order valence-corrected chi connectivity index (χ1v) is 5.85. The summed E-state index contributed by atoms with van der Waals surface area (Å²) in [6.07, 6.45) is 0.601. The van der Waals surface area contributed by atoms with Crippen molar-refractivity contribution in [2.24, 2.45) is 5.92 Å². The largest absolute Gasteiger partial charge is 0.372 e. The molecule has 2 rings (SSSR count). The van der Waals surface area contributed by atoms with Gasteiger partial charge in [0.15, 0.2) is 0 Å². The van der Waals surface area contributed by atoms with Gasteiger partial charge in [0.2, 0.25) is 0 Å². The number of nitriles is 1. The first kappa shape index (κ1) is 10.9. The van der Waals surface area contributed by atoms with Crippen LogP contribution in [0, 0.1) is 17.2 Å². The van der Waals surface area contributed by atoms with Crippen LogP contribution in [0.15, 0.2) is 22.7 Å². The summed E-state index contributed by atoms with van der Waals surface area (Å²) in [5.41, 5.74) is 0.898. The van der Waals surface area contributed by atoms with Crippen molar-refractivity contribution in [2.75, 3.05) is 6.61 Å². The Labute approximate surface area is 102 Å². The van der Waals surface area contributed by atoms with Crippen LogP contribution in [-0.4, -0.2) is 6.61 Å². The van der Waals surface area contributed by atoms with Crippen molar-refractivity contribution in [1.29, 1.82) is 5.26 Å². The topological polar surface area (TPSA) is 33.0 Å². The Bertz CT molecular complexity index is 416. The molecule has 0 aromatic heterocycles. The van der Waals surface area contributed by atoms with Crippen LogP contribution >= 0.6 is 27.5 Å². The number of nitrogens with zero attached hydrogens (tertiary/aromatic N) is 1. The van der Waals surface area contributed by atoms with Gasteiger partial charge < -0.3 is 4.74 Å². The SMILES string of the molecule is N#CC1CCOC1c1cc(Br)ccc1Cl. The minimum absolute atomic E-state index is 0.0863. The second-order valence-corrected chi connectivity index (χ2v) is 4.80. The van der Waals surface area contributed by atoms with E-state index in [0.717, 1.165) is 16.5 Å². The average molecular weight is 287 g/mol. The van der Waals surface area contributed by atoms with Crippen molar-refractivity contribution < 1.29 is 4.74 Å². The van der Waals surface area contributed by atoms with Crippen LogP contribution in [0.25, 0.3) is 0 Å². The molecule has 0 N–H and O–H groups in total. The summed E-state index contributed by atoms with van der Waals surface area (Å²) in [6.45, 7) is 0.631.